The van der Waals surface area contributed by atoms with E-state index >= 15 is 0 Å². The molecule has 2 N–H and O–H groups in total. The highest BCUT2D eigenvalue weighted by atomic mass is 16.5. The molecule has 0 bridgehead atoms. The smallest absolute Gasteiger partial charge is 0.275 e. The first-order chi connectivity index (χ1) is 10.9. The van der Waals surface area contributed by atoms with E-state index in [1.54, 1.807) is 19.1 Å². The van der Waals surface area contributed by atoms with Crippen LogP contribution in [0.3, 0.4) is 0 Å². The Hall–Kier alpha value is -2.63. The first-order valence-electron chi connectivity index (χ1n) is 7.59. The lowest BCUT2D eigenvalue weighted by Gasteiger charge is -2.09. The van der Waals surface area contributed by atoms with E-state index in [0.29, 0.717) is 22.6 Å². The van der Waals surface area contributed by atoms with Crippen LogP contribution in [0.5, 0.6) is 0 Å². The van der Waals surface area contributed by atoms with E-state index in [0.717, 1.165) is 12.0 Å². The minimum absolute atomic E-state index is 0.0224. The number of aromatic nitrogens is 1. The molecule has 23 heavy (non-hydrogen) atoms. The molecule has 0 saturated heterocycles. The molecule has 1 heterocycles. The number of carbonyl (C=O) groups excluding carboxylic acids is 2. The number of hydrazine groups is 1. The van der Waals surface area contributed by atoms with Crippen LogP contribution in [0.25, 0.3) is 0 Å². The van der Waals surface area contributed by atoms with E-state index in [2.05, 4.69) is 16.0 Å². The summed E-state index contributed by atoms with van der Waals surface area (Å²) in [5, 5.41) is 3.81. The highest BCUT2D eigenvalue weighted by molar-refractivity contribution is 6.00. The minimum atomic E-state index is -0.439. The van der Waals surface area contributed by atoms with Crippen LogP contribution in [0.4, 0.5) is 0 Å². The molecule has 0 aliphatic heterocycles. The quantitative estimate of drug-likeness (QED) is 0.850. The summed E-state index contributed by atoms with van der Waals surface area (Å²) in [6.45, 7) is 7.55. The van der Waals surface area contributed by atoms with Gasteiger partial charge in [-0.1, -0.05) is 38.1 Å². The number of hydrogen-bond donors (Lipinski definition) is 2. The molecule has 0 saturated carbocycles. The second kappa shape index (κ2) is 7.09. The predicted molar refractivity (Wildman–Crippen MR) is 86.1 cm³/mol. The number of rotatable bonds is 4. The van der Waals surface area contributed by atoms with Crippen molar-refractivity contribution in [1.29, 1.82) is 0 Å². The standard InChI is InChI=1S/C17H21N3O3/c1-5-12-6-8-13(9-7-12)16(21)18-19-17(22)14-11(4)20-23-15(14)10(2)3/h6-10H,5H2,1-4H3,(H,18,21)(H,19,22). The Bertz CT molecular complexity index is 702. The number of benzene rings is 1. The third-order valence-corrected chi connectivity index (χ3v) is 3.55. The number of carbonyl (C=O) groups is 2. The lowest BCUT2D eigenvalue weighted by molar-refractivity contribution is 0.0845. The summed E-state index contributed by atoms with van der Waals surface area (Å²) in [6, 6.07) is 7.23. The zero-order valence-electron chi connectivity index (χ0n) is 13.8. The average molecular weight is 315 g/mol. The zero-order chi connectivity index (χ0) is 17.0. The van der Waals surface area contributed by atoms with E-state index in [1.807, 2.05) is 32.9 Å². The monoisotopic (exact) mass is 315 g/mol. The molecule has 0 radical (unpaired) electrons. The van der Waals surface area contributed by atoms with Gasteiger partial charge in [0.15, 0.2) is 5.76 Å². The van der Waals surface area contributed by atoms with Gasteiger partial charge >= 0.3 is 0 Å². The van der Waals surface area contributed by atoms with Crippen molar-refractivity contribution in [3.63, 3.8) is 0 Å². The van der Waals surface area contributed by atoms with Gasteiger partial charge in [0.05, 0.1) is 5.69 Å². The molecule has 6 heteroatoms. The fourth-order valence-electron chi connectivity index (χ4n) is 2.20. The summed E-state index contributed by atoms with van der Waals surface area (Å²) < 4.78 is 5.17. The maximum atomic E-state index is 12.3. The molecule has 1 aromatic carbocycles. The molecule has 2 aromatic rings. The largest absolute Gasteiger partial charge is 0.360 e. The molecule has 2 rings (SSSR count). The van der Waals surface area contributed by atoms with Crippen LogP contribution >= 0.6 is 0 Å². The molecule has 0 aliphatic rings. The van der Waals surface area contributed by atoms with Crippen LogP contribution in [-0.4, -0.2) is 17.0 Å². The lowest BCUT2D eigenvalue weighted by Crippen LogP contribution is -2.42. The molecule has 2 amide bonds. The number of nitrogens with one attached hydrogen (secondary N) is 2. The van der Waals surface area contributed by atoms with E-state index in [-0.39, 0.29) is 11.8 Å². The van der Waals surface area contributed by atoms with Crippen LogP contribution in [0.1, 0.15) is 64.4 Å². The molecule has 0 aliphatic carbocycles. The first kappa shape index (κ1) is 16.7. The van der Waals surface area contributed by atoms with E-state index in [1.165, 1.54) is 0 Å². The van der Waals surface area contributed by atoms with Gasteiger partial charge in [-0.05, 0) is 31.0 Å². The summed E-state index contributed by atoms with van der Waals surface area (Å²) >= 11 is 0. The number of nitrogens with zero attached hydrogens (tertiary/aromatic N) is 1. The van der Waals surface area contributed by atoms with Crippen molar-refractivity contribution in [2.45, 2.75) is 40.0 Å². The SMILES string of the molecule is CCc1ccc(C(=O)NNC(=O)c2c(C)noc2C(C)C)cc1. The van der Waals surface area contributed by atoms with Crippen molar-refractivity contribution in [3.05, 3.63) is 52.4 Å². The van der Waals surface area contributed by atoms with Gasteiger partial charge in [0.25, 0.3) is 11.8 Å². The fourth-order valence-corrected chi connectivity index (χ4v) is 2.20. The van der Waals surface area contributed by atoms with Gasteiger partial charge in [-0.3, -0.25) is 20.4 Å². The van der Waals surface area contributed by atoms with Crippen LogP contribution in [0.2, 0.25) is 0 Å². The summed E-state index contributed by atoms with van der Waals surface area (Å²) in [5.41, 5.74) is 7.30. The first-order valence-corrected chi connectivity index (χ1v) is 7.59. The molecule has 122 valence electrons. The Labute approximate surface area is 135 Å². The van der Waals surface area contributed by atoms with Crippen molar-refractivity contribution in [2.24, 2.45) is 0 Å². The van der Waals surface area contributed by atoms with Gasteiger partial charge in [0.1, 0.15) is 5.56 Å². The fraction of sp³-hybridized carbons (Fsp3) is 0.353. The van der Waals surface area contributed by atoms with Crippen molar-refractivity contribution in [1.82, 2.24) is 16.0 Å². The summed E-state index contributed by atoms with van der Waals surface area (Å²) in [5.74, 6) is -0.289. The third kappa shape index (κ3) is 3.77. The van der Waals surface area contributed by atoms with E-state index in [4.69, 9.17) is 4.52 Å². The van der Waals surface area contributed by atoms with Crippen LogP contribution in [0.15, 0.2) is 28.8 Å². The number of amides is 2. The van der Waals surface area contributed by atoms with Gasteiger partial charge in [-0.25, -0.2) is 0 Å². The second-order valence-corrected chi connectivity index (χ2v) is 5.62. The molecule has 0 atom stereocenters. The molecule has 6 nitrogen and oxygen atoms in total. The van der Waals surface area contributed by atoms with Gasteiger partial charge in [-0.15, -0.1) is 0 Å². The van der Waals surface area contributed by atoms with Crippen molar-refractivity contribution < 1.29 is 14.1 Å². The second-order valence-electron chi connectivity index (χ2n) is 5.62. The Morgan fingerprint density at radius 3 is 2.30 bits per heavy atom. The Morgan fingerprint density at radius 1 is 1.13 bits per heavy atom. The topological polar surface area (TPSA) is 84.2 Å². The normalized spacial score (nSPS) is 10.7. The molecule has 1 aromatic heterocycles. The molecule has 0 fully saturated rings. The summed E-state index contributed by atoms with van der Waals surface area (Å²) in [7, 11) is 0. The lowest BCUT2D eigenvalue weighted by atomic mass is 10.0. The Morgan fingerprint density at radius 2 is 1.74 bits per heavy atom. The molecular formula is C17H21N3O3. The van der Waals surface area contributed by atoms with Crippen LogP contribution in [-0.2, 0) is 6.42 Å². The molecule has 0 unspecified atom stereocenters. The minimum Gasteiger partial charge on any atom is -0.360 e. The zero-order valence-corrected chi connectivity index (χ0v) is 13.8. The van der Waals surface area contributed by atoms with Gasteiger partial charge in [-0.2, -0.15) is 0 Å². The highest BCUT2D eigenvalue weighted by Crippen LogP contribution is 2.21. The van der Waals surface area contributed by atoms with Gasteiger partial charge in [0.2, 0.25) is 0 Å². The predicted octanol–water partition coefficient (Wildman–Crippen LogP) is 2.74. The van der Waals surface area contributed by atoms with Crippen molar-refractivity contribution >= 4 is 11.8 Å². The highest BCUT2D eigenvalue weighted by Gasteiger charge is 2.22. The van der Waals surface area contributed by atoms with Crippen LogP contribution < -0.4 is 10.9 Å². The van der Waals surface area contributed by atoms with E-state index in [9.17, 15) is 9.59 Å². The van der Waals surface area contributed by atoms with Crippen LogP contribution in [0, 0.1) is 6.92 Å². The van der Waals surface area contributed by atoms with E-state index < -0.39 is 5.91 Å². The maximum absolute atomic E-state index is 12.3. The third-order valence-electron chi connectivity index (χ3n) is 3.55. The summed E-state index contributed by atoms with van der Waals surface area (Å²) in [6.07, 6.45) is 0.906. The molecule has 0 spiro atoms. The average Bonchev–Trinajstić information content (AvgIpc) is 2.94. The van der Waals surface area contributed by atoms with Gasteiger partial charge in [0, 0.05) is 11.5 Å². The summed E-state index contributed by atoms with van der Waals surface area (Å²) in [4.78, 5) is 24.3. The Kier molecular flexibility index (Phi) is 5.16. The molecular weight excluding hydrogens is 294 g/mol. The number of hydrogen-bond acceptors (Lipinski definition) is 4. The Balaban J connectivity index is 2.04. The van der Waals surface area contributed by atoms with Crippen molar-refractivity contribution in [2.75, 3.05) is 0 Å². The van der Waals surface area contributed by atoms with Gasteiger partial charge < -0.3 is 4.52 Å². The maximum Gasteiger partial charge on any atom is 0.275 e. The number of aryl methyl sites for hydroxylation is 2. The van der Waals surface area contributed by atoms with Crippen molar-refractivity contribution in [3.8, 4) is 0 Å².